The average Bonchev–Trinajstić information content (AvgIpc) is 2.53. The van der Waals surface area contributed by atoms with Gasteiger partial charge in [0.2, 0.25) is 0 Å². The van der Waals surface area contributed by atoms with Gasteiger partial charge >= 0.3 is 0 Å². The molecule has 0 aromatic heterocycles. The summed E-state index contributed by atoms with van der Waals surface area (Å²) in [6.45, 7) is 1.96. The molecule has 112 valence electrons. The van der Waals surface area contributed by atoms with Crippen molar-refractivity contribution in [3.8, 4) is 11.5 Å². The van der Waals surface area contributed by atoms with Crippen molar-refractivity contribution in [1.82, 2.24) is 0 Å². The van der Waals surface area contributed by atoms with Crippen molar-refractivity contribution in [2.24, 2.45) is 5.73 Å². The normalized spacial score (nSPS) is 11.9. The fourth-order valence-electron chi connectivity index (χ4n) is 2.41. The van der Waals surface area contributed by atoms with Crippen LogP contribution in [0.4, 0.5) is 11.4 Å². The van der Waals surface area contributed by atoms with E-state index in [4.69, 9.17) is 15.2 Å². The van der Waals surface area contributed by atoms with E-state index in [2.05, 4.69) is 4.90 Å². The summed E-state index contributed by atoms with van der Waals surface area (Å²) in [6.07, 6.45) is 0. The molecular weight excluding hydrogens is 264 g/mol. The third-order valence-electron chi connectivity index (χ3n) is 3.54. The van der Waals surface area contributed by atoms with Crippen molar-refractivity contribution in [2.45, 2.75) is 13.0 Å². The molecule has 0 saturated carbocycles. The number of hydrogen-bond donors (Lipinski definition) is 1. The fraction of sp³-hybridized carbons (Fsp3) is 0.294. The van der Waals surface area contributed by atoms with Crippen LogP contribution in [0.3, 0.4) is 0 Å². The van der Waals surface area contributed by atoms with Crippen LogP contribution in [0.1, 0.15) is 18.5 Å². The number of nitrogens with two attached hydrogens (primary N) is 1. The lowest BCUT2D eigenvalue weighted by molar-refractivity contribution is 0.407. The molecule has 2 N–H and O–H groups in total. The zero-order chi connectivity index (χ0) is 15.4. The van der Waals surface area contributed by atoms with Crippen LogP contribution in [0.25, 0.3) is 0 Å². The number of rotatable bonds is 5. The first-order chi connectivity index (χ1) is 10.1. The van der Waals surface area contributed by atoms with E-state index in [0.29, 0.717) is 0 Å². The predicted molar refractivity (Wildman–Crippen MR) is 86.7 cm³/mol. The maximum Gasteiger partial charge on any atom is 0.125 e. The van der Waals surface area contributed by atoms with Crippen LogP contribution in [0.5, 0.6) is 11.5 Å². The zero-order valence-electron chi connectivity index (χ0n) is 13.0. The molecule has 0 aliphatic rings. The molecule has 1 atom stereocenters. The van der Waals surface area contributed by atoms with E-state index >= 15 is 0 Å². The van der Waals surface area contributed by atoms with E-state index in [0.717, 1.165) is 28.4 Å². The van der Waals surface area contributed by atoms with Crippen molar-refractivity contribution >= 4 is 11.4 Å². The van der Waals surface area contributed by atoms with Crippen molar-refractivity contribution in [2.75, 3.05) is 26.2 Å². The molecule has 4 nitrogen and oxygen atoms in total. The van der Waals surface area contributed by atoms with Gasteiger partial charge in [0, 0.05) is 30.0 Å². The molecule has 0 spiro atoms. The van der Waals surface area contributed by atoms with E-state index in [1.54, 1.807) is 14.2 Å². The summed E-state index contributed by atoms with van der Waals surface area (Å²) < 4.78 is 10.6. The minimum absolute atomic E-state index is 0.114. The van der Waals surface area contributed by atoms with Gasteiger partial charge in [0.1, 0.15) is 11.5 Å². The molecule has 0 aliphatic carbocycles. The smallest absolute Gasteiger partial charge is 0.125 e. The molecule has 0 fully saturated rings. The third kappa shape index (κ3) is 3.11. The maximum absolute atomic E-state index is 6.13. The summed E-state index contributed by atoms with van der Waals surface area (Å²) in [7, 11) is 5.34. The van der Waals surface area contributed by atoms with E-state index < -0.39 is 0 Å². The highest BCUT2D eigenvalue weighted by Crippen LogP contribution is 2.36. The molecule has 0 heterocycles. The van der Waals surface area contributed by atoms with Gasteiger partial charge < -0.3 is 20.1 Å². The molecule has 0 radical (unpaired) electrons. The second-order valence-electron chi connectivity index (χ2n) is 4.94. The number of methoxy groups -OCH3 is 2. The van der Waals surface area contributed by atoms with E-state index in [-0.39, 0.29) is 6.04 Å². The first-order valence-corrected chi connectivity index (χ1v) is 6.88. The highest BCUT2D eigenvalue weighted by Gasteiger charge is 2.16. The summed E-state index contributed by atoms with van der Waals surface area (Å²) in [5.74, 6) is 1.65. The Morgan fingerprint density at radius 3 is 2.19 bits per heavy atom. The van der Waals surface area contributed by atoms with Crippen molar-refractivity contribution < 1.29 is 9.47 Å². The van der Waals surface area contributed by atoms with Crippen LogP contribution in [0.2, 0.25) is 0 Å². The van der Waals surface area contributed by atoms with Gasteiger partial charge in [-0.25, -0.2) is 0 Å². The Morgan fingerprint density at radius 1 is 1.00 bits per heavy atom. The van der Waals surface area contributed by atoms with Gasteiger partial charge in [-0.1, -0.05) is 6.07 Å². The van der Waals surface area contributed by atoms with Gasteiger partial charge in [0.15, 0.2) is 0 Å². The summed E-state index contributed by atoms with van der Waals surface area (Å²) in [5, 5.41) is 0. The molecule has 0 aliphatic heterocycles. The van der Waals surface area contributed by atoms with Crippen molar-refractivity contribution in [1.29, 1.82) is 0 Å². The second-order valence-corrected chi connectivity index (χ2v) is 4.94. The number of anilines is 2. The summed E-state index contributed by atoms with van der Waals surface area (Å²) in [5.41, 5.74) is 9.22. The summed E-state index contributed by atoms with van der Waals surface area (Å²) in [6, 6.07) is 13.8. The second kappa shape index (κ2) is 6.50. The minimum atomic E-state index is -0.114. The number of ether oxygens (including phenoxy) is 2. The van der Waals surface area contributed by atoms with E-state index in [1.807, 2.05) is 56.4 Å². The molecule has 4 heteroatoms. The predicted octanol–water partition coefficient (Wildman–Crippen LogP) is 3.49. The highest BCUT2D eigenvalue weighted by atomic mass is 16.5. The SMILES string of the molecule is COc1ccc(N(C)c2cccc(OC)c2C(C)N)cc1. The molecular formula is C17H22N2O2. The largest absolute Gasteiger partial charge is 0.497 e. The monoisotopic (exact) mass is 286 g/mol. The minimum Gasteiger partial charge on any atom is -0.497 e. The highest BCUT2D eigenvalue weighted by molar-refractivity contribution is 5.69. The molecule has 0 bridgehead atoms. The van der Waals surface area contributed by atoms with Crippen LogP contribution in [0, 0.1) is 0 Å². The Labute approximate surface area is 126 Å². The molecule has 2 aromatic carbocycles. The van der Waals surface area contributed by atoms with Crippen LogP contribution >= 0.6 is 0 Å². The summed E-state index contributed by atoms with van der Waals surface area (Å²) >= 11 is 0. The maximum atomic E-state index is 6.13. The van der Waals surface area contributed by atoms with Gasteiger partial charge in [-0.15, -0.1) is 0 Å². The molecule has 21 heavy (non-hydrogen) atoms. The quantitative estimate of drug-likeness (QED) is 0.914. The van der Waals surface area contributed by atoms with Crippen molar-refractivity contribution in [3.63, 3.8) is 0 Å². The van der Waals surface area contributed by atoms with Crippen LogP contribution < -0.4 is 20.1 Å². The summed E-state index contributed by atoms with van der Waals surface area (Å²) in [4.78, 5) is 2.10. The van der Waals surface area contributed by atoms with Gasteiger partial charge in [0.25, 0.3) is 0 Å². The number of nitrogens with zero attached hydrogens (tertiary/aromatic N) is 1. The van der Waals surface area contributed by atoms with Crippen LogP contribution in [-0.4, -0.2) is 21.3 Å². The lowest BCUT2D eigenvalue weighted by atomic mass is 10.0. The van der Waals surface area contributed by atoms with Gasteiger partial charge in [0.05, 0.1) is 14.2 Å². The topological polar surface area (TPSA) is 47.7 Å². The lowest BCUT2D eigenvalue weighted by Crippen LogP contribution is -2.16. The molecule has 1 unspecified atom stereocenters. The first-order valence-electron chi connectivity index (χ1n) is 6.88. The third-order valence-corrected chi connectivity index (χ3v) is 3.54. The first kappa shape index (κ1) is 15.2. The molecule has 2 aromatic rings. The van der Waals surface area contributed by atoms with Gasteiger partial charge in [-0.2, -0.15) is 0 Å². The Balaban J connectivity index is 2.44. The number of hydrogen-bond acceptors (Lipinski definition) is 4. The standard InChI is InChI=1S/C17H22N2O2/c1-12(18)17-15(6-5-7-16(17)21-4)19(2)13-8-10-14(20-3)11-9-13/h5-12H,18H2,1-4H3. The Bertz CT molecular complexity index is 594. The Hall–Kier alpha value is -2.20. The van der Waals surface area contributed by atoms with E-state index in [9.17, 15) is 0 Å². The van der Waals surface area contributed by atoms with E-state index in [1.165, 1.54) is 0 Å². The molecule has 2 rings (SSSR count). The Kier molecular flexibility index (Phi) is 4.70. The number of benzene rings is 2. The van der Waals surface area contributed by atoms with Crippen LogP contribution in [0.15, 0.2) is 42.5 Å². The average molecular weight is 286 g/mol. The molecule has 0 amide bonds. The Morgan fingerprint density at radius 2 is 1.67 bits per heavy atom. The lowest BCUT2D eigenvalue weighted by Gasteiger charge is -2.25. The fourth-order valence-corrected chi connectivity index (χ4v) is 2.41. The zero-order valence-corrected chi connectivity index (χ0v) is 13.0. The van der Waals surface area contributed by atoms with Gasteiger partial charge in [-0.3, -0.25) is 0 Å². The van der Waals surface area contributed by atoms with Crippen molar-refractivity contribution in [3.05, 3.63) is 48.0 Å². The molecule has 0 saturated heterocycles. The van der Waals surface area contributed by atoms with Crippen LogP contribution in [-0.2, 0) is 0 Å². The van der Waals surface area contributed by atoms with Gasteiger partial charge in [-0.05, 0) is 43.3 Å².